The summed E-state index contributed by atoms with van der Waals surface area (Å²) in [4.78, 5) is 37.5. The minimum Gasteiger partial charge on any atom is -0.274 e. The first-order valence-electron chi connectivity index (χ1n) is 8.21. The quantitative estimate of drug-likeness (QED) is 0.362. The third-order valence-corrected chi connectivity index (χ3v) is 5.73. The summed E-state index contributed by atoms with van der Waals surface area (Å²) in [5, 5.41) is 11.0. The van der Waals surface area contributed by atoms with Crippen LogP contribution in [0.3, 0.4) is 0 Å². The fraction of sp³-hybridized carbons (Fsp3) is 0.444. The SMILES string of the molecule is CC(C)=C1[C@@H]2CC[C@@H]1[C@@H]1C(=O)N(c3cccc([N+](=O)[O-])c3)C(=O)[C@H]12. The maximum Gasteiger partial charge on any atom is 0.271 e. The number of rotatable bonds is 2. The molecule has 0 radical (unpaired) electrons. The average molecular weight is 326 g/mol. The van der Waals surface area contributed by atoms with Gasteiger partial charge in [-0.2, -0.15) is 0 Å². The van der Waals surface area contributed by atoms with Crippen molar-refractivity contribution in [3.63, 3.8) is 0 Å². The number of non-ortho nitro benzene ring substituents is 1. The van der Waals surface area contributed by atoms with Crippen LogP contribution in [0, 0.1) is 33.8 Å². The predicted octanol–water partition coefficient (Wildman–Crippen LogP) is 3.08. The Morgan fingerprint density at radius 2 is 1.71 bits per heavy atom. The lowest BCUT2D eigenvalue weighted by Gasteiger charge is -2.19. The summed E-state index contributed by atoms with van der Waals surface area (Å²) >= 11 is 0. The number of nitro benzene ring substituents is 1. The highest BCUT2D eigenvalue weighted by Gasteiger charge is 2.63. The number of anilines is 1. The molecule has 6 heteroatoms. The zero-order chi connectivity index (χ0) is 17.2. The van der Waals surface area contributed by atoms with Crippen molar-refractivity contribution < 1.29 is 14.5 Å². The molecule has 1 aromatic carbocycles. The second-order valence-corrected chi connectivity index (χ2v) is 7.09. The molecule has 3 aliphatic rings. The van der Waals surface area contributed by atoms with Crippen molar-refractivity contribution in [3.05, 3.63) is 45.5 Å². The Balaban J connectivity index is 1.75. The highest BCUT2D eigenvalue weighted by Crippen LogP contribution is 2.60. The van der Waals surface area contributed by atoms with Crippen LogP contribution in [0.5, 0.6) is 0 Å². The number of nitrogens with zero attached hydrogens (tertiary/aromatic N) is 2. The second-order valence-electron chi connectivity index (χ2n) is 7.09. The molecule has 1 aliphatic heterocycles. The number of carbonyl (C=O) groups excluding carboxylic acids is 2. The van der Waals surface area contributed by atoms with E-state index in [0.717, 1.165) is 12.8 Å². The van der Waals surface area contributed by atoms with E-state index in [-0.39, 0.29) is 41.2 Å². The number of imide groups is 1. The van der Waals surface area contributed by atoms with Gasteiger partial charge >= 0.3 is 0 Å². The van der Waals surface area contributed by atoms with Crippen LogP contribution < -0.4 is 4.90 Å². The van der Waals surface area contributed by atoms with Gasteiger partial charge in [-0.3, -0.25) is 19.7 Å². The van der Waals surface area contributed by atoms with Crippen LogP contribution in [0.1, 0.15) is 26.7 Å². The van der Waals surface area contributed by atoms with Gasteiger partial charge in [-0.25, -0.2) is 4.90 Å². The Hall–Kier alpha value is -2.50. The summed E-state index contributed by atoms with van der Waals surface area (Å²) < 4.78 is 0. The largest absolute Gasteiger partial charge is 0.274 e. The van der Waals surface area contributed by atoms with Gasteiger partial charge in [0.05, 0.1) is 22.4 Å². The van der Waals surface area contributed by atoms with E-state index in [0.29, 0.717) is 5.69 Å². The van der Waals surface area contributed by atoms with E-state index in [4.69, 9.17) is 0 Å². The van der Waals surface area contributed by atoms with Gasteiger partial charge < -0.3 is 0 Å². The first-order chi connectivity index (χ1) is 11.4. The lowest BCUT2D eigenvalue weighted by atomic mass is 9.81. The number of carbonyl (C=O) groups is 2. The molecule has 2 aliphatic carbocycles. The standard InChI is InChI=1S/C18H18N2O4/c1-9(2)14-12-6-7-13(14)16-15(12)17(21)19(18(16)22)10-4-3-5-11(8-10)20(23)24/h3-5,8,12-13,15-16H,6-7H2,1-2H3/t12-,13-,15-,16-/m0/s1. The maximum absolute atomic E-state index is 12.9. The number of benzene rings is 1. The van der Waals surface area contributed by atoms with Crippen molar-refractivity contribution >= 4 is 23.2 Å². The van der Waals surface area contributed by atoms with Gasteiger partial charge in [-0.15, -0.1) is 0 Å². The minimum absolute atomic E-state index is 0.113. The van der Waals surface area contributed by atoms with Crippen LogP contribution in [0.25, 0.3) is 0 Å². The van der Waals surface area contributed by atoms with Crippen molar-refractivity contribution in [1.82, 2.24) is 0 Å². The number of hydrogen-bond acceptors (Lipinski definition) is 4. The third kappa shape index (κ3) is 1.82. The molecule has 0 N–H and O–H groups in total. The monoisotopic (exact) mass is 326 g/mol. The van der Waals surface area contributed by atoms with Gasteiger partial charge in [-0.1, -0.05) is 17.2 Å². The molecule has 1 saturated heterocycles. The lowest BCUT2D eigenvalue weighted by Crippen LogP contribution is -2.33. The number of fused-ring (bicyclic) bond motifs is 5. The highest BCUT2D eigenvalue weighted by molar-refractivity contribution is 6.23. The summed E-state index contributed by atoms with van der Waals surface area (Å²) in [5.41, 5.74) is 2.72. The van der Waals surface area contributed by atoms with Crippen molar-refractivity contribution in [2.75, 3.05) is 4.90 Å². The van der Waals surface area contributed by atoms with E-state index < -0.39 is 4.92 Å². The van der Waals surface area contributed by atoms with Crippen LogP contribution >= 0.6 is 0 Å². The topological polar surface area (TPSA) is 80.5 Å². The Morgan fingerprint density at radius 3 is 2.21 bits per heavy atom. The smallest absolute Gasteiger partial charge is 0.271 e. The molecule has 6 nitrogen and oxygen atoms in total. The van der Waals surface area contributed by atoms with Crippen molar-refractivity contribution in [2.45, 2.75) is 26.7 Å². The molecule has 0 aromatic heterocycles. The summed E-state index contributed by atoms with van der Waals surface area (Å²) in [6.45, 7) is 4.10. The second kappa shape index (κ2) is 5.00. The van der Waals surface area contributed by atoms with E-state index in [1.807, 2.05) is 0 Å². The molecular formula is C18H18N2O4. The van der Waals surface area contributed by atoms with Crippen LogP contribution in [0.4, 0.5) is 11.4 Å². The van der Waals surface area contributed by atoms with Crippen LogP contribution in [-0.2, 0) is 9.59 Å². The molecular weight excluding hydrogens is 308 g/mol. The molecule has 2 amide bonds. The Morgan fingerprint density at radius 1 is 1.12 bits per heavy atom. The number of nitro groups is 1. The Kier molecular flexibility index (Phi) is 3.13. The summed E-state index contributed by atoms with van der Waals surface area (Å²) in [6, 6.07) is 5.77. The fourth-order valence-electron chi connectivity index (χ4n) is 4.99. The van der Waals surface area contributed by atoms with E-state index in [2.05, 4.69) is 13.8 Å². The van der Waals surface area contributed by atoms with Crippen molar-refractivity contribution in [3.8, 4) is 0 Å². The zero-order valence-electron chi connectivity index (χ0n) is 13.6. The van der Waals surface area contributed by atoms with Crippen LogP contribution in [0.15, 0.2) is 35.4 Å². The highest BCUT2D eigenvalue weighted by atomic mass is 16.6. The molecule has 1 aromatic rings. The predicted molar refractivity (Wildman–Crippen MR) is 87.2 cm³/mol. The van der Waals surface area contributed by atoms with Gasteiger partial charge in [0.15, 0.2) is 0 Å². The maximum atomic E-state index is 12.9. The molecule has 2 bridgehead atoms. The van der Waals surface area contributed by atoms with E-state index >= 15 is 0 Å². The van der Waals surface area contributed by atoms with E-state index in [1.165, 1.54) is 34.2 Å². The molecule has 0 spiro atoms. The van der Waals surface area contributed by atoms with Gasteiger partial charge in [0.25, 0.3) is 5.69 Å². The summed E-state index contributed by atoms with van der Waals surface area (Å²) in [6.07, 6.45) is 1.91. The first-order valence-corrected chi connectivity index (χ1v) is 8.21. The molecule has 0 unspecified atom stereocenters. The van der Waals surface area contributed by atoms with Crippen LogP contribution in [0.2, 0.25) is 0 Å². The average Bonchev–Trinajstić information content (AvgIpc) is 3.17. The Labute approximate surface area is 139 Å². The molecule has 3 fully saturated rings. The lowest BCUT2D eigenvalue weighted by molar-refractivity contribution is -0.384. The molecule has 4 rings (SSSR count). The molecule has 24 heavy (non-hydrogen) atoms. The third-order valence-electron chi connectivity index (χ3n) is 5.73. The van der Waals surface area contributed by atoms with E-state index in [1.54, 1.807) is 6.07 Å². The number of amides is 2. The van der Waals surface area contributed by atoms with Gasteiger partial charge in [-0.05, 0) is 44.6 Å². The number of hydrogen-bond donors (Lipinski definition) is 0. The first kappa shape index (κ1) is 15.1. The van der Waals surface area contributed by atoms with Crippen molar-refractivity contribution in [1.29, 1.82) is 0 Å². The van der Waals surface area contributed by atoms with Gasteiger partial charge in [0.1, 0.15) is 0 Å². The van der Waals surface area contributed by atoms with E-state index in [9.17, 15) is 19.7 Å². The molecule has 1 heterocycles. The normalized spacial score (nSPS) is 30.9. The zero-order valence-corrected chi connectivity index (χ0v) is 13.6. The Bertz CT molecular complexity index is 777. The number of allylic oxidation sites excluding steroid dienone is 2. The van der Waals surface area contributed by atoms with Gasteiger partial charge in [0.2, 0.25) is 11.8 Å². The molecule has 2 saturated carbocycles. The summed E-state index contributed by atoms with van der Waals surface area (Å²) in [7, 11) is 0. The fourth-order valence-corrected chi connectivity index (χ4v) is 4.99. The molecule has 4 atom stereocenters. The van der Waals surface area contributed by atoms with Crippen molar-refractivity contribution in [2.24, 2.45) is 23.7 Å². The summed E-state index contributed by atoms with van der Waals surface area (Å²) in [5.74, 6) is -0.663. The van der Waals surface area contributed by atoms with Crippen LogP contribution in [-0.4, -0.2) is 16.7 Å². The minimum atomic E-state index is -0.514. The molecule has 124 valence electrons. The van der Waals surface area contributed by atoms with Gasteiger partial charge in [0, 0.05) is 12.1 Å².